The van der Waals surface area contributed by atoms with Crippen molar-refractivity contribution < 1.29 is 19.1 Å². The smallest absolute Gasteiger partial charge is 0.338 e. The molecule has 4 rings (SSSR count). The molecule has 172 valence electrons. The van der Waals surface area contributed by atoms with Gasteiger partial charge in [-0.15, -0.1) is 11.3 Å². The summed E-state index contributed by atoms with van der Waals surface area (Å²) in [6.07, 6.45) is -0.109. The molecule has 2 amide bonds. The molecule has 0 radical (unpaired) electrons. The molecule has 33 heavy (non-hydrogen) atoms. The van der Waals surface area contributed by atoms with E-state index >= 15 is 0 Å². The number of aromatic nitrogens is 2. The summed E-state index contributed by atoms with van der Waals surface area (Å²) in [6.45, 7) is 9.79. The quantitative estimate of drug-likeness (QED) is 0.431. The number of benzene rings is 1. The molecular weight excluding hydrogens is 442 g/mol. The Morgan fingerprint density at radius 1 is 1.12 bits per heavy atom. The van der Waals surface area contributed by atoms with Gasteiger partial charge in [0.25, 0.3) is 17.4 Å². The lowest BCUT2D eigenvalue weighted by Gasteiger charge is -2.14. The number of nitrogens with zero attached hydrogens (tertiary/aromatic N) is 2. The summed E-state index contributed by atoms with van der Waals surface area (Å²) >= 11 is 1.41. The number of rotatable bonds is 6. The van der Waals surface area contributed by atoms with Crippen LogP contribution in [0.1, 0.15) is 80.6 Å². The predicted octanol–water partition coefficient (Wildman–Crippen LogP) is 4.16. The summed E-state index contributed by atoms with van der Waals surface area (Å²) in [5, 5.41) is 0.545. The van der Waals surface area contributed by atoms with E-state index in [1.54, 1.807) is 6.92 Å². The van der Waals surface area contributed by atoms with Crippen LogP contribution in [0.3, 0.4) is 0 Å². The fourth-order valence-electron chi connectivity index (χ4n) is 3.76. The van der Waals surface area contributed by atoms with Crippen LogP contribution in [0.4, 0.5) is 0 Å². The molecule has 1 aromatic carbocycles. The molecule has 0 aliphatic carbocycles. The average molecular weight is 468 g/mol. The zero-order valence-electron chi connectivity index (χ0n) is 19.1. The Bertz CT molecular complexity index is 1350. The highest BCUT2D eigenvalue weighted by molar-refractivity contribution is 7.18. The molecule has 0 fully saturated rings. The van der Waals surface area contributed by atoms with E-state index < -0.39 is 18.0 Å². The summed E-state index contributed by atoms with van der Waals surface area (Å²) in [5.74, 6) is -0.830. The molecule has 0 spiro atoms. The molecule has 1 N–H and O–H groups in total. The molecule has 1 aliphatic heterocycles. The summed E-state index contributed by atoms with van der Waals surface area (Å²) in [7, 11) is 0. The molecule has 1 atom stereocenters. The normalized spacial score (nSPS) is 14.3. The predicted molar refractivity (Wildman–Crippen MR) is 125 cm³/mol. The second kappa shape index (κ2) is 8.55. The van der Waals surface area contributed by atoms with E-state index in [0.717, 1.165) is 10.4 Å². The molecule has 2 aromatic heterocycles. The number of amides is 2. The number of ether oxygens (including phenoxy) is 1. The number of imide groups is 1. The minimum Gasteiger partial charge on any atom is -0.451 e. The van der Waals surface area contributed by atoms with Gasteiger partial charge in [0, 0.05) is 11.4 Å². The lowest BCUT2D eigenvalue weighted by molar-refractivity contribution is 0.0319. The van der Waals surface area contributed by atoms with Crippen molar-refractivity contribution in [1.82, 2.24) is 14.9 Å². The number of fused-ring (bicyclic) bond motifs is 2. The van der Waals surface area contributed by atoms with Gasteiger partial charge in [0.1, 0.15) is 4.83 Å². The van der Waals surface area contributed by atoms with Crippen molar-refractivity contribution in [2.24, 2.45) is 5.92 Å². The van der Waals surface area contributed by atoms with Gasteiger partial charge >= 0.3 is 5.97 Å². The first-order chi connectivity index (χ1) is 15.6. The Balaban J connectivity index is 1.55. The van der Waals surface area contributed by atoms with Crippen LogP contribution in [0, 0.1) is 19.8 Å². The molecule has 0 bridgehead atoms. The highest BCUT2D eigenvalue weighted by Gasteiger charge is 2.36. The van der Waals surface area contributed by atoms with Crippen LogP contribution in [0.2, 0.25) is 0 Å². The molecule has 8 nitrogen and oxygen atoms in total. The third-order valence-corrected chi connectivity index (χ3v) is 6.96. The highest BCUT2D eigenvalue weighted by atomic mass is 32.1. The number of esters is 1. The maximum absolute atomic E-state index is 12.8. The van der Waals surface area contributed by atoms with Gasteiger partial charge in [-0.2, -0.15) is 0 Å². The Morgan fingerprint density at radius 2 is 1.82 bits per heavy atom. The maximum Gasteiger partial charge on any atom is 0.338 e. The number of hydrogen-bond acceptors (Lipinski definition) is 7. The Kier molecular flexibility index (Phi) is 5.92. The number of hydrogen-bond donors (Lipinski definition) is 1. The van der Waals surface area contributed by atoms with E-state index in [-0.39, 0.29) is 34.0 Å². The van der Waals surface area contributed by atoms with Crippen molar-refractivity contribution >= 4 is 39.3 Å². The topological polar surface area (TPSA) is 109 Å². The van der Waals surface area contributed by atoms with Crippen molar-refractivity contribution in [3.8, 4) is 0 Å². The van der Waals surface area contributed by atoms with E-state index in [1.807, 2.05) is 27.7 Å². The van der Waals surface area contributed by atoms with Crippen LogP contribution >= 0.6 is 11.3 Å². The largest absolute Gasteiger partial charge is 0.451 e. The number of aryl methyl sites for hydroxylation is 2. The monoisotopic (exact) mass is 467 g/mol. The van der Waals surface area contributed by atoms with Crippen molar-refractivity contribution in [2.45, 2.75) is 47.1 Å². The first kappa shape index (κ1) is 22.8. The molecule has 0 saturated heterocycles. The number of H-pyrrole nitrogens is 1. The van der Waals surface area contributed by atoms with Crippen LogP contribution in [-0.4, -0.2) is 39.2 Å². The third kappa shape index (κ3) is 4.08. The van der Waals surface area contributed by atoms with Crippen LogP contribution in [-0.2, 0) is 4.74 Å². The summed E-state index contributed by atoms with van der Waals surface area (Å²) < 4.78 is 5.51. The number of carbonyl (C=O) groups excluding carboxylic acids is 3. The lowest BCUT2D eigenvalue weighted by Crippen LogP contribution is -2.31. The zero-order valence-corrected chi connectivity index (χ0v) is 20.0. The van der Waals surface area contributed by atoms with E-state index in [2.05, 4.69) is 9.97 Å². The number of thiophene rings is 1. The minimum atomic E-state index is -0.814. The fourth-order valence-corrected chi connectivity index (χ4v) is 4.79. The number of aromatic amines is 1. The second-order valence-corrected chi connectivity index (χ2v) is 9.87. The van der Waals surface area contributed by atoms with Gasteiger partial charge < -0.3 is 9.72 Å². The SMILES string of the molecule is Cc1sc2nc([C@H](C)OC(=O)c3ccc4c(c3)C(=O)N(CCC(C)C)C4=O)[nH]c(=O)c2c1C. The van der Waals surface area contributed by atoms with E-state index in [4.69, 9.17) is 4.74 Å². The first-order valence-electron chi connectivity index (χ1n) is 10.8. The summed E-state index contributed by atoms with van der Waals surface area (Å²) in [6, 6.07) is 4.34. The van der Waals surface area contributed by atoms with E-state index in [9.17, 15) is 19.2 Å². The molecule has 0 saturated carbocycles. The number of carbonyl (C=O) groups is 3. The van der Waals surface area contributed by atoms with E-state index in [0.29, 0.717) is 29.1 Å². The van der Waals surface area contributed by atoms with Gasteiger partial charge in [-0.3, -0.25) is 19.3 Å². The van der Waals surface area contributed by atoms with Crippen LogP contribution in [0.5, 0.6) is 0 Å². The maximum atomic E-state index is 12.8. The summed E-state index contributed by atoms with van der Waals surface area (Å²) in [5.41, 5.74) is 1.25. The standard InChI is InChI=1S/C24H25N3O5S/c1-11(2)8-9-27-22(29)16-7-6-15(10-17(16)23(27)30)24(31)32-13(4)19-25-20(28)18-12(3)14(5)33-21(18)26-19/h6-7,10-11,13H,8-9H2,1-5H3,(H,25,26,28)/t13-/m0/s1. The fraction of sp³-hybridized carbons (Fsp3) is 0.375. The van der Waals surface area contributed by atoms with Crippen molar-refractivity contribution in [3.63, 3.8) is 0 Å². The molecule has 1 aliphatic rings. The van der Waals surface area contributed by atoms with Gasteiger partial charge in [0.2, 0.25) is 0 Å². The number of nitrogens with one attached hydrogen (secondary N) is 1. The van der Waals surface area contributed by atoms with Crippen LogP contribution < -0.4 is 5.56 Å². The minimum absolute atomic E-state index is 0.152. The molecule has 3 heterocycles. The molecule has 0 unspecified atom stereocenters. The average Bonchev–Trinajstić information content (AvgIpc) is 3.18. The third-order valence-electron chi connectivity index (χ3n) is 5.86. The van der Waals surface area contributed by atoms with Gasteiger partial charge in [-0.05, 0) is 56.9 Å². The van der Waals surface area contributed by atoms with Gasteiger partial charge in [-0.1, -0.05) is 13.8 Å². The van der Waals surface area contributed by atoms with Gasteiger partial charge in [0.05, 0.1) is 22.1 Å². The van der Waals surface area contributed by atoms with Crippen molar-refractivity contribution in [1.29, 1.82) is 0 Å². The Labute approximate surface area is 194 Å². The Hall–Kier alpha value is -3.33. The molecule has 9 heteroatoms. The second-order valence-electron chi connectivity index (χ2n) is 8.67. The molecular formula is C24H25N3O5S. The highest BCUT2D eigenvalue weighted by Crippen LogP contribution is 2.28. The van der Waals surface area contributed by atoms with Crippen LogP contribution in [0.15, 0.2) is 23.0 Å². The Morgan fingerprint density at radius 3 is 2.52 bits per heavy atom. The molecule has 3 aromatic rings. The van der Waals surface area contributed by atoms with Gasteiger partial charge in [-0.25, -0.2) is 9.78 Å². The zero-order chi connectivity index (χ0) is 24.0. The van der Waals surface area contributed by atoms with Gasteiger partial charge in [0.15, 0.2) is 11.9 Å². The first-order valence-corrected chi connectivity index (χ1v) is 11.6. The van der Waals surface area contributed by atoms with Crippen molar-refractivity contribution in [2.75, 3.05) is 6.54 Å². The van der Waals surface area contributed by atoms with E-state index in [1.165, 1.54) is 34.4 Å². The summed E-state index contributed by atoms with van der Waals surface area (Å²) in [4.78, 5) is 60.6. The van der Waals surface area contributed by atoms with Crippen molar-refractivity contribution in [3.05, 3.63) is 61.5 Å². The van der Waals surface area contributed by atoms with Crippen LogP contribution in [0.25, 0.3) is 10.2 Å². The lowest BCUT2D eigenvalue weighted by atomic mass is 10.1.